The fourth-order valence-electron chi connectivity index (χ4n) is 1.78. The van der Waals surface area contributed by atoms with E-state index >= 15 is 0 Å². The molecule has 0 amide bonds. The highest BCUT2D eigenvalue weighted by molar-refractivity contribution is 5.07. The van der Waals surface area contributed by atoms with E-state index < -0.39 is 0 Å². The summed E-state index contributed by atoms with van der Waals surface area (Å²) in [5, 5.41) is 12.2. The van der Waals surface area contributed by atoms with Crippen LogP contribution < -0.4 is 5.32 Å². The van der Waals surface area contributed by atoms with E-state index in [0.29, 0.717) is 11.8 Å². The minimum atomic E-state index is -0.0129. The molecule has 14 heavy (non-hydrogen) atoms. The van der Waals surface area contributed by atoms with Crippen LogP contribution in [-0.4, -0.2) is 11.1 Å². The maximum absolute atomic E-state index is 8.81. The molecule has 1 aromatic heterocycles. The normalized spacial score (nSPS) is 25.3. The van der Waals surface area contributed by atoms with E-state index in [1.807, 2.05) is 12.1 Å². The molecule has 1 aromatic rings. The number of aliphatic hydroxyl groups excluding tert-OH is 1. The van der Waals surface area contributed by atoms with Gasteiger partial charge in [0.05, 0.1) is 6.54 Å². The topological polar surface area (TPSA) is 45.4 Å². The Bertz CT molecular complexity index is 295. The lowest BCUT2D eigenvalue weighted by atomic mass is 10.3. The standard InChI is InChI=1S/C11H17NO2/c1-2-8-5-11(8)12-6-9-3-4-10(7-13)14-9/h3-4,8,11-13H,2,5-7H2,1H3. The van der Waals surface area contributed by atoms with Crippen molar-refractivity contribution in [1.29, 1.82) is 0 Å². The second kappa shape index (κ2) is 4.15. The number of aliphatic hydroxyl groups is 1. The third-order valence-electron chi connectivity index (χ3n) is 2.86. The van der Waals surface area contributed by atoms with Crippen molar-refractivity contribution in [2.45, 2.75) is 39.0 Å². The monoisotopic (exact) mass is 195 g/mol. The Morgan fingerprint density at radius 2 is 2.29 bits per heavy atom. The molecule has 1 aliphatic carbocycles. The summed E-state index contributed by atoms with van der Waals surface area (Å²) in [5.41, 5.74) is 0. The molecule has 0 spiro atoms. The Hall–Kier alpha value is -0.800. The lowest BCUT2D eigenvalue weighted by Crippen LogP contribution is -2.16. The predicted molar refractivity (Wildman–Crippen MR) is 53.7 cm³/mol. The van der Waals surface area contributed by atoms with Crippen molar-refractivity contribution in [1.82, 2.24) is 5.32 Å². The lowest BCUT2D eigenvalue weighted by Gasteiger charge is -2.00. The maximum atomic E-state index is 8.81. The molecule has 78 valence electrons. The van der Waals surface area contributed by atoms with Crippen LogP contribution in [0.4, 0.5) is 0 Å². The van der Waals surface area contributed by atoms with Gasteiger partial charge < -0.3 is 14.8 Å². The van der Waals surface area contributed by atoms with Crippen molar-refractivity contribution in [3.8, 4) is 0 Å². The minimum Gasteiger partial charge on any atom is -0.462 e. The molecule has 0 radical (unpaired) electrons. The van der Waals surface area contributed by atoms with Crippen molar-refractivity contribution in [3.05, 3.63) is 23.7 Å². The zero-order valence-electron chi connectivity index (χ0n) is 8.49. The Morgan fingerprint density at radius 1 is 1.50 bits per heavy atom. The van der Waals surface area contributed by atoms with Crippen LogP contribution >= 0.6 is 0 Å². The van der Waals surface area contributed by atoms with Gasteiger partial charge in [-0.25, -0.2) is 0 Å². The predicted octanol–water partition coefficient (Wildman–Crippen LogP) is 1.66. The molecule has 1 saturated carbocycles. The Kier molecular flexibility index (Phi) is 2.89. The average Bonchev–Trinajstić information content (AvgIpc) is 2.83. The quantitative estimate of drug-likeness (QED) is 0.751. The summed E-state index contributed by atoms with van der Waals surface area (Å²) < 4.78 is 5.37. The molecule has 1 aliphatic rings. The molecule has 2 unspecified atom stereocenters. The molecule has 3 nitrogen and oxygen atoms in total. The lowest BCUT2D eigenvalue weighted by molar-refractivity contribution is 0.242. The van der Waals surface area contributed by atoms with Gasteiger partial charge in [0.1, 0.15) is 18.1 Å². The third kappa shape index (κ3) is 2.16. The first-order chi connectivity index (χ1) is 6.83. The highest BCUT2D eigenvalue weighted by atomic mass is 16.4. The summed E-state index contributed by atoms with van der Waals surface area (Å²) in [6.07, 6.45) is 2.56. The number of nitrogens with one attached hydrogen (secondary N) is 1. The zero-order valence-corrected chi connectivity index (χ0v) is 8.49. The van der Waals surface area contributed by atoms with Crippen LogP contribution in [-0.2, 0) is 13.2 Å². The van der Waals surface area contributed by atoms with E-state index in [4.69, 9.17) is 9.52 Å². The van der Waals surface area contributed by atoms with Crippen LogP contribution in [0.15, 0.2) is 16.5 Å². The van der Waals surface area contributed by atoms with Crippen LogP contribution in [0, 0.1) is 5.92 Å². The van der Waals surface area contributed by atoms with Gasteiger partial charge in [-0.3, -0.25) is 0 Å². The molecule has 0 aliphatic heterocycles. The first kappa shape index (κ1) is 9.74. The van der Waals surface area contributed by atoms with Crippen molar-refractivity contribution in [3.63, 3.8) is 0 Å². The summed E-state index contributed by atoms with van der Waals surface area (Å²) in [4.78, 5) is 0. The SMILES string of the molecule is CCC1CC1NCc1ccc(CO)o1. The van der Waals surface area contributed by atoms with E-state index in [1.165, 1.54) is 12.8 Å². The molecule has 1 fully saturated rings. The molecule has 0 saturated heterocycles. The fraction of sp³-hybridized carbons (Fsp3) is 0.636. The van der Waals surface area contributed by atoms with Crippen LogP contribution in [0.25, 0.3) is 0 Å². The van der Waals surface area contributed by atoms with Gasteiger partial charge in [-0.15, -0.1) is 0 Å². The Labute approximate surface area is 84.1 Å². The van der Waals surface area contributed by atoms with Crippen LogP contribution in [0.1, 0.15) is 31.3 Å². The van der Waals surface area contributed by atoms with Gasteiger partial charge in [-0.1, -0.05) is 13.3 Å². The molecule has 1 heterocycles. The number of hydrogen-bond acceptors (Lipinski definition) is 3. The summed E-state index contributed by atoms with van der Waals surface area (Å²) in [6, 6.07) is 4.42. The van der Waals surface area contributed by atoms with Crippen LogP contribution in [0.2, 0.25) is 0 Å². The van der Waals surface area contributed by atoms with E-state index in [1.54, 1.807) is 0 Å². The van der Waals surface area contributed by atoms with Gasteiger partial charge in [0.15, 0.2) is 0 Å². The first-order valence-corrected chi connectivity index (χ1v) is 5.25. The Balaban J connectivity index is 1.75. The second-order valence-electron chi connectivity index (χ2n) is 3.92. The van der Waals surface area contributed by atoms with Crippen molar-refractivity contribution in [2.24, 2.45) is 5.92 Å². The molecule has 2 atom stereocenters. The Morgan fingerprint density at radius 3 is 2.86 bits per heavy atom. The van der Waals surface area contributed by atoms with Gasteiger partial charge in [0.2, 0.25) is 0 Å². The van der Waals surface area contributed by atoms with Crippen LogP contribution in [0.5, 0.6) is 0 Å². The maximum Gasteiger partial charge on any atom is 0.129 e. The fourth-order valence-corrected chi connectivity index (χ4v) is 1.78. The van der Waals surface area contributed by atoms with Gasteiger partial charge in [0, 0.05) is 6.04 Å². The second-order valence-corrected chi connectivity index (χ2v) is 3.92. The third-order valence-corrected chi connectivity index (χ3v) is 2.86. The highest BCUT2D eigenvalue weighted by Crippen LogP contribution is 2.33. The van der Waals surface area contributed by atoms with Gasteiger partial charge in [-0.05, 0) is 24.5 Å². The average molecular weight is 195 g/mol. The van der Waals surface area contributed by atoms with Gasteiger partial charge in [-0.2, -0.15) is 0 Å². The molecule has 0 aromatic carbocycles. The minimum absolute atomic E-state index is 0.0129. The summed E-state index contributed by atoms with van der Waals surface area (Å²) >= 11 is 0. The smallest absolute Gasteiger partial charge is 0.129 e. The summed E-state index contributed by atoms with van der Waals surface area (Å²) in [5.74, 6) is 2.42. The highest BCUT2D eigenvalue weighted by Gasteiger charge is 2.34. The molecule has 2 rings (SSSR count). The molecule has 2 N–H and O–H groups in total. The summed E-state index contributed by atoms with van der Waals surface area (Å²) in [7, 11) is 0. The molecular formula is C11H17NO2. The van der Waals surface area contributed by atoms with Gasteiger partial charge >= 0.3 is 0 Å². The molecular weight excluding hydrogens is 178 g/mol. The molecule has 3 heteroatoms. The van der Waals surface area contributed by atoms with E-state index in [2.05, 4.69) is 12.2 Å². The van der Waals surface area contributed by atoms with E-state index in [0.717, 1.165) is 18.2 Å². The van der Waals surface area contributed by atoms with E-state index in [9.17, 15) is 0 Å². The number of furan rings is 1. The van der Waals surface area contributed by atoms with Crippen LogP contribution in [0.3, 0.4) is 0 Å². The van der Waals surface area contributed by atoms with Crippen molar-refractivity contribution in [2.75, 3.05) is 0 Å². The van der Waals surface area contributed by atoms with Gasteiger partial charge in [0.25, 0.3) is 0 Å². The van der Waals surface area contributed by atoms with E-state index in [-0.39, 0.29) is 6.61 Å². The van der Waals surface area contributed by atoms with Crippen molar-refractivity contribution < 1.29 is 9.52 Å². The largest absolute Gasteiger partial charge is 0.462 e. The van der Waals surface area contributed by atoms with Crippen molar-refractivity contribution >= 4 is 0 Å². The number of hydrogen-bond donors (Lipinski definition) is 2. The zero-order chi connectivity index (χ0) is 9.97. The summed E-state index contributed by atoms with van der Waals surface area (Å²) in [6.45, 7) is 2.99. The molecule has 0 bridgehead atoms. The first-order valence-electron chi connectivity index (χ1n) is 5.25. The number of rotatable bonds is 5.